The zero-order valence-electron chi connectivity index (χ0n) is 13.5. The molecule has 0 amide bonds. The van der Waals surface area contributed by atoms with E-state index in [2.05, 4.69) is 20.8 Å². The van der Waals surface area contributed by atoms with E-state index in [1.165, 1.54) is 51.4 Å². The van der Waals surface area contributed by atoms with Gasteiger partial charge in [-0.25, -0.2) is 0 Å². The van der Waals surface area contributed by atoms with Crippen molar-refractivity contribution < 1.29 is 0 Å². The Balaban J connectivity index is 3.43. The Bertz CT molecular complexity index is 137. The molecule has 18 heavy (non-hydrogen) atoms. The van der Waals surface area contributed by atoms with E-state index in [0.29, 0.717) is 0 Å². The van der Waals surface area contributed by atoms with Crippen LogP contribution < -0.4 is 0 Å². The Kier molecular flexibility index (Phi) is 16.6. The van der Waals surface area contributed by atoms with E-state index >= 15 is 0 Å². The number of unbranched alkanes of at least 4 members (excludes halogenated alkanes) is 8. The molecule has 0 radical (unpaired) electrons. The molecule has 0 heterocycles. The number of hydrogen-bond acceptors (Lipinski definition) is 0. The predicted molar refractivity (Wildman–Crippen MR) is 89.4 cm³/mol. The van der Waals surface area contributed by atoms with Gasteiger partial charge in [-0.15, -0.1) is 0 Å². The monoisotopic (exact) mass is 362 g/mol. The van der Waals surface area contributed by atoms with Crippen molar-refractivity contribution in [2.75, 3.05) is 0 Å². The summed E-state index contributed by atoms with van der Waals surface area (Å²) in [6, 6.07) is 0. The summed E-state index contributed by atoms with van der Waals surface area (Å²) in [6.45, 7) is 7.02. The molecule has 0 atom stereocenters. The van der Waals surface area contributed by atoms with Crippen LogP contribution in [0.5, 0.6) is 0 Å². The van der Waals surface area contributed by atoms with Gasteiger partial charge in [0.1, 0.15) is 0 Å². The van der Waals surface area contributed by atoms with Crippen molar-refractivity contribution >= 4 is 19.8 Å². The summed E-state index contributed by atoms with van der Waals surface area (Å²) in [7, 11) is 0. The van der Waals surface area contributed by atoms with E-state index in [1.54, 1.807) is 32.6 Å². The van der Waals surface area contributed by atoms with Gasteiger partial charge in [-0.2, -0.15) is 0 Å². The summed E-state index contributed by atoms with van der Waals surface area (Å²) in [4.78, 5) is 0. The SMILES string of the molecule is CCCCCCCC[CH2][SnH]([CH2]CCC)[CH2]CCC. The van der Waals surface area contributed by atoms with Crippen molar-refractivity contribution in [2.24, 2.45) is 0 Å². The first-order valence-corrected chi connectivity index (χ1v) is 15.8. The topological polar surface area (TPSA) is 0 Å². The Hall–Kier alpha value is 0.799. The summed E-state index contributed by atoms with van der Waals surface area (Å²) >= 11 is -1.04. The zero-order valence-corrected chi connectivity index (χ0v) is 16.8. The van der Waals surface area contributed by atoms with Gasteiger partial charge in [0.15, 0.2) is 0 Å². The third kappa shape index (κ3) is 13.2. The molecule has 0 rings (SSSR count). The van der Waals surface area contributed by atoms with Gasteiger partial charge < -0.3 is 0 Å². The third-order valence-corrected chi connectivity index (χ3v) is 14.6. The molecule has 0 aliphatic rings. The number of hydrogen-bond donors (Lipinski definition) is 0. The van der Waals surface area contributed by atoms with Crippen LogP contribution in [-0.4, -0.2) is 19.8 Å². The van der Waals surface area contributed by atoms with E-state index in [0.717, 1.165) is 0 Å². The molecule has 0 aromatic carbocycles. The predicted octanol–water partition coefficient (Wildman–Crippen LogP) is 6.56. The second kappa shape index (κ2) is 15.9. The van der Waals surface area contributed by atoms with Gasteiger partial charge >= 0.3 is 124 Å². The van der Waals surface area contributed by atoms with Gasteiger partial charge in [-0.3, -0.25) is 0 Å². The van der Waals surface area contributed by atoms with Crippen molar-refractivity contribution in [1.29, 1.82) is 0 Å². The average molecular weight is 361 g/mol. The Morgan fingerprint density at radius 1 is 0.444 bits per heavy atom. The van der Waals surface area contributed by atoms with Crippen LogP contribution in [0.3, 0.4) is 0 Å². The van der Waals surface area contributed by atoms with Gasteiger partial charge in [0.05, 0.1) is 0 Å². The van der Waals surface area contributed by atoms with Crippen LogP contribution in [0.25, 0.3) is 0 Å². The van der Waals surface area contributed by atoms with Gasteiger partial charge in [-0.1, -0.05) is 0 Å². The molecule has 0 bridgehead atoms. The minimum absolute atomic E-state index is 1.04. The molecule has 0 aliphatic carbocycles. The second-order valence-electron chi connectivity index (χ2n) is 6.06. The van der Waals surface area contributed by atoms with Crippen LogP contribution >= 0.6 is 0 Å². The van der Waals surface area contributed by atoms with Crippen molar-refractivity contribution in [3.05, 3.63) is 0 Å². The van der Waals surface area contributed by atoms with Crippen LogP contribution in [0.1, 0.15) is 91.4 Å². The number of rotatable bonds is 14. The summed E-state index contributed by atoms with van der Waals surface area (Å²) < 4.78 is 5.12. The Morgan fingerprint density at radius 3 is 1.33 bits per heavy atom. The summed E-state index contributed by atoms with van der Waals surface area (Å²) in [5.41, 5.74) is 0. The molecule has 0 aromatic heterocycles. The Morgan fingerprint density at radius 2 is 0.833 bits per heavy atom. The molecule has 110 valence electrons. The third-order valence-electron chi connectivity index (χ3n) is 4.15. The molecule has 0 fully saturated rings. The van der Waals surface area contributed by atoms with Crippen LogP contribution in [0, 0.1) is 0 Å². The first-order chi connectivity index (χ1) is 8.85. The van der Waals surface area contributed by atoms with E-state index in [9.17, 15) is 0 Å². The van der Waals surface area contributed by atoms with E-state index in [4.69, 9.17) is 0 Å². The van der Waals surface area contributed by atoms with Gasteiger partial charge in [0.25, 0.3) is 0 Å². The van der Waals surface area contributed by atoms with Crippen molar-refractivity contribution in [3.8, 4) is 0 Å². The van der Waals surface area contributed by atoms with E-state index in [-0.39, 0.29) is 0 Å². The van der Waals surface area contributed by atoms with Crippen LogP contribution in [-0.2, 0) is 0 Å². The van der Waals surface area contributed by atoms with Crippen molar-refractivity contribution in [1.82, 2.24) is 0 Å². The molecule has 0 saturated carbocycles. The second-order valence-corrected chi connectivity index (χ2v) is 15.9. The normalized spacial score (nSPS) is 11.3. The maximum atomic E-state index is 2.36. The first-order valence-electron chi connectivity index (χ1n) is 8.85. The van der Waals surface area contributed by atoms with Crippen LogP contribution in [0.4, 0.5) is 0 Å². The van der Waals surface area contributed by atoms with E-state index in [1.807, 2.05) is 0 Å². The maximum absolute atomic E-state index is 2.36. The van der Waals surface area contributed by atoms with Crippen molar-refractivity contribution in [2.45, 2.75) is 105 Å². The fourth-order valence-corrected chi connectivity index (χ4v) is 13.4. The molecular weight excluding hydrogens is 323 g/mol. The molecule has 0 nitrogen and oxygen atoms in total. The molecule has 0 N–H and O–H groups in total. The Labute approximate surface area is 124 Å². The van der Waals surface area contributed by atoms with Gasteiger partial charge in [0, 0.05) is 0 Å². The molecule has 0 unspecified atom stereocenters. The first kappa shape index (κ1) is 18.8. The fourth-order valence-electron chi connectivity index (χ4n) is 2.81. The van der Waals surface area contributed by atoms with E-state index < -0.39 is 19.8 Å². The summed E-state index contributed by atoms with van der Waals surface area (Å²) in [5, 5.41) is 0. The molecule has 0 saturated heterocycles. The quantitative estimate of drug-likeness (QED) is 0.243. The van der Waals surface area contributed by atoms with Crippen LogP contribution in [0.15, 0.2) is 0 Å². The van der Waals surface area contributed by atoms with Crippen LogP contribution in [0.2, 0.25) is 13.3 Å². The summed E-state index contributed by atoms with van der Waals surface area (Å²) in [6.07, 6.45) is 16.4. The molecule has 0 spiro atoms. The molecule has 0 aliphatic heterocycles. The minimum atomic E-state index is -1.04. The van der Waals surface area contributed by atoms with Crippen molar-refractivity contribution in [3.63, 3.8) is 0 Å². The molecule has 0 aromatic rings. The molecular formula is C17H38Sn. The van der Waals surface area contributed by atoms with Gasteiger partial charge in [0.2, 0.25) is 0 Å². The fraction of sp³-hybridized carbons (Fsp3) is 1.00. The van der Waals surface area contributed by atoms with Gasteiger partial charge in [-0.05, 0) is 0 Å². The average Bonchev–Trinajstić information content (AvgIpc) is 2.40. The standard InChI is InChI=1S/C9H19.2C4H9.Sn.H/c1-3-5-7-9-8-6-4-2;2*1-3-4-2;;/h1,3-9H2,2H3;2*1,3-4H2,2H3;;. The zero-order chi connectivity index (χ0) is 13.5. The molecule has 1 heteroatoms. The summed E-state index contributed by atoms with van der Waals surface area (Å²) in [5.74, 6) is 0.